The number of thiazole rings is 1. The molecule has 2 aromatic heterocycles. The summed E-state index contributed by atoms with van der Waals surface area (Å²) in [5.41, 5.74) is 2.95. The lowest BCUT2D eigenvalue weighted by atomic mass is 10.2. The number of rotatable bonds is 5. The Morgan fingerprint density at radius 1 is 1.24 bits per heavy atom. The van der Waals surface area contributed by atoms with E-state index >= 15 is 0 Å². The molecule has 1 N–H and O–H groups in total. The van der Waals surface area contributed by atoms with E-state index in [-0.39, 0.29) is 12.5 Å². The highest BCUT2D eigenvalue weighted by molar-refractivity contribution is 7.21. The van der Waals surface area contributed by atoms with Gasteiger partial charge in [-0.1, -0.05) is 12.1 Å². The molecule has 1 aliphatic heterocycles. The molecule has 0 aliphatic carbocycles. The third-order valence-electron chi connectivity index (χ3n) is 5.15. The number of carbonyl (C=O) groups is 1. The molecule has 3 heterocycles. The molecule has 0 saturated carbocycles. The first-order chi connectivity index (χ1) is 14.2. The zero-order valence-electron chi connectivity index (χ0n) is 16.1. The number of hydrogen-bond donors (Lipinski definition) is 1. The highest BCUT2D eigenvalue weighted by Crippen LogP contribution is 2.39. The second-order valence-electron chi connectivity index (χ2n) is 7.17. The first-order valence-corrected chi connectivity index (χ1v) is 11.4. The van der Waals surface area contributed by atoms with Crippen molar-refractivity contribution >= 4 is 60.3 Å². The summed E-state index contributed by atoms with van der Waals surface area (Å²) in [6.07, 6.45) is 2.39. The Bertz CT molecular complexity index is 1190. The highest BCUT2D eigenvalue weighted by Gasteiger charge is 2.17. The summed E-state index contributed by atoms with van der Waals surface area (Å²) >= 11 is 3.30. The van der Waals surface area contributed by atoms with Crippen molar-refractivity contribution in [3.8, 4) is 5.75 Å². The summed E-state index contributed by atoms with van der Waals surface area (Å²) in [4.78, 5) is 19.6. The summed E-state index contributed by atoms with van der Waals surface area (Å²) < 4.78 is 8.16. The van der Waals surface area contributed by atoms with Crippen molar-refractivity contribution in [2.75, 3.05) is 29.9 Å². The van der Waals surface area contributed by atoms with Crippen LogP contribution < -0.4 is 15.0 Å². The SMILES string of the molecule is Cc1nc2c(cc(OCC(=O)Nc3ccccc3N3CCCC3)c3ccsc32)s1. The van der Waals surface area contributed by atoms with Gasteiger partial charge >= 0.3 is 0 Å². The average Bonchev–Trinajstić information content (AvgIpc) is 3.46. The number of ether oxygens (including phenoxy) is 1. The number of aromatic nitrogens is 1. The standard InChI is InChI=1S/C22H21N3O2S2/c1-14-23-21-19(29-14)12-18(15-8-11-28-22(15)21)27-13-20(26)24-16-6-2-3-7-17(16)25-9-4-5-10-25/h2-3,6-8,11-12H,4-5,9-10,13H2,1H3,(H,24,26). The number of nitrogens with zero attached hydrogens (tertiary/aromatic N) is 2. The van der Waals surface area contributed by atoms with E-state index in [4.69, 9.17) is 4.74 Å². The van der Waals surface area contributed by atoms with Gasteiger partial charge in [0.15, 0.2) is 6.61 Å². The predicted octanol–water partition coefficient (Wildman–Crippen LogP) is 5.44. The number of fused-ring (bicyclic) bond motifs is 3. The zero-order chi connectivity index (χ0) is 19.8. The van der Waals surface area contributed by atoms with Gasteiger partial charge in [0.1, 0.15) is 5.75 Å². The fraction of sp³-hybridized carbons (Fsp3) is 0.273. The summed E-state index contributed by atoms with van der Waals surface area (Å²) in [7, 11) is 0. The van der Waals surface area contributed by atoms with Crippen LogP contribution >= 0.6 is 22.7 Å². The summed E-state index contributed by atoms with van der Waals surface area (Å²) in [6, 6.07) is 12.0. The maximum atomic E-state index is 12.6. The second-order valence-corrected chi connectivity index (χ2v) is 9.32. The van der Waals surface area contributed by atoms with Crippen molar-refractivity contribution in [2.45, 2.75) is 19.8 Å². The van der Waals surface area contributed by atoms with Crippen LogP contribution in [0.25, 0.3) is 20.3 Å². The van der Waals surface area contributed by atoms with Crippen LogP contribution in [0.15, 0.2) is 41.8 Å². The minimum absolute atomic E-state index is 0.0252. The lowest BCUT2D eigenvalue weighted by Crippen LogP contribution is -2.24. The van der Waals surface area contributed by atoms with E-state index in [1.54, 1.807) is 22.7 Å². The van der Waals surface area contributed by atoms with Gasteiger partial charge in [-0.2, -0.15) is 0 Å². The largest absolute Gasteiger partial charge is 0.483 e. The summed E-state index contributed by atoms with van der Waals surface area (Å²) in [6.45, 7) is 4.06. The van der Waals surface area contributed by atoms with Crippen molar-refractivity contribution < 1.29 is 9.53 Å². The molecule has 1 fully saturated rings. The van der Waals surface area contributed by atoms with Crippen molar-refractivity contribution in [1.29, 1.82) is 0 Å². The number of amides is 1. The van der Waals surface area contributed by atoms with Gasteiger partial charge in [-0.3, -0.25) is 4.79 Å². The maximum Gasteiger partial charge on any atom is 0.262 e. The molecule has 1 aliphatic rings. The first kappa shape index (κ1) is 18.4. The van der Waals surface area contributed by atoms with Crippen LogP contribution in [-0.2, 0) is 4.79 Å². The Balaban J connectivity index is 1.34. The fourth-order valence-electron chi connectivity index (χ4n) is 3.85. The summed E-state index contributed by atoms with van der Waals surface area (Å²) in [5.74, 6) is 0.584. The second kappa shape index (κ2) is 7.65. The van der Waals surface area contributed by atoms with Gasteiger partial charge in [0.05, 0.1) is 31.3 Å². The molecule has 2 aromatic carbocycles. The first-order valence-electron chi connectivity index (χ1n) is 9.73. The molecular formula is C22H21N3O2S2. The molecule has 5 rings (SSSR count). The van der Waals surface area contributed by atoms with Crippen molar-refractivity contribution in [3.63, 3.8) is 0 Å². The van der Waals surface area contributed by atoms with Gasteiger partial charge < -0.3 is 15.0 Å². The van der Waals surface area contributed by atoms with Crippen LogP contribution in [0.3, 0.4) is 0 Å². The summed E-state index contributed by atoms with van der Waals surface area (Å²) in [5, 5.41) is 7.11. The maximum absolute atomic E-state index is 12.6. The molecule has 0 radical (unpaired) electrons. The van der Waals surface area contributed by atoms with Gasteiger partial charge in [-0.25, -0.2) is 4.98 Å². The van der Waals surface area contributed by atoms with E-state index in [2.05, 4.69) is 21.3 Å². The monoisotopic (exact) mass is 423 g/mol. The Morgan fingerprint density at radius 3 is 2.93 bits per heavy atom. The van der Waals surface area contributed by atoms with Crippen LogP contribution in [0.5, 0.6) is 5.75 Å². The third kappa shape index (κ3) is 3.56. The molecule has 0 atom stereocenters. The van der Waals surface area contributed by atoms with Crippen molar-refractivity contribution in [3.05, 3.63) is 46.8 Å². The number of aryl methyl sites for hydroxylation is 1. The average molecular weight is 424 g/mol. The molecule has 0 spiro atoms. The lowest BCUT2D eigenvalue weighted by molar-refractivity contribution is -0.118. The van der Waals surface area contributed by atoms with Crippen LogP contribution in [-0.4, -0.2) is 30.6 Å². The fourth-order valence-corrected chi connectivity index (χ4v) is 5.68. The Kier molecular flexibility index (Phi) is 4.85. The van der Waals surface area contributed by atoms with E-state index in [0.717, 1.165) is 55.5 Å². The van der Waals surface area contributed by atoms with E-state index in [0.29, 0.717) is 0 Å². The van der Waals surface area contributed by atoms with E-state index < -0.39 is 0 Å². The molecule has 5 nitrogen and oxygen atoms in total. The molecule has 29 heavy (non-hydrogen) atoms. The third-order valence-corrected chi connectivity index (χ3v) is 6.99. The molecular weight excluding hydrogens is 402 g/mol. The van der Waals surface area contributed by atoms with Crippen LogP contribution in [0.1, 0.15) is 17.8 Å². The molecule has 1 saturated heterocycles. The number of carbonyl (C=O) groups excluding carboxylic acids is 1. The van der Waals surface area contributed by atoms with Gasteiger partial charge in [0, 0.05) is 24.5 Å². The minimum atomic E-state index is -0.152. The molecule has 0 unspecified atom stereocenters. The van der Waals surface area contributed by atoms with Gasteiger partial charge in [0.2, 0.25) is 0 Å². The van der Waals surface area contributed by atoms with Crippen molar-refractivity contribution in [1.82, 2.24) is 4.98 Å². The van der Waals surface area contributed by atoms with E-state index in [9.17, 15) is 4.79 Å². The Hall–Kier alpha value is -2.64. The normalized spacial score (nSPS) is 14.0. The molecule has 4 aromatic rings. The zero-order valence-corrected chi connectivity index (χ0v) is 17.7. The van der Waals surface area contributed by atoms with Crippen molar-refractivity contribution in [2.24, 2.45) is 0 Å². The van der Waals surface area contributed by atoms with Gasteiger partial charge in [0.25, 0.3) is 5.91 Å². The van der Waals surface area contributed by atoms with E-state index in [1.165, 1.54) is 12.8 Å². The topological polar surface area (TPSA) is 54.5 Å². The smallest absolute Gasteiger partial charge is 0.262 e. The van der Waals surface area contributed by atoms with Crippen LogP contribution in [0.2, 0.25) is 0 Å². The quantitative estimate of drug-likeness (QED) is 0.465. The molecule has 7 heteroatoms. The van der Waals surface area contributed by atoms with Crippen LogP contribution in [0.4, 0.5) is 11.4 Å². The number of para-hydroxylation sites is 2. The Labute approximate surface area is 176 Å². The molecule has 1 amide bonds. The lowest BCUT2D eigenvalue weighted by Gasteiger charge is -2.21. The minimum Gasteiger partial charge on any atom is -0.483 e. The highest BCUT2D eigenvalue weighted by atomic mass is 32.1. The van der Waals surface area contributed by atoms with Gasteiger partial charge in [-0.15, -0.1) is 22.7 Å². The number of nitrogens with one attached hydrogen (secondary N) is 1. The predicted molar refractivity (Wildman–Crippen MR) is 122 cm³/mol. The van der Waals surface area contributed by atoms with Gasteiger partial charge in [-0.05, 0) is 43.3 Å². The number of benzene rings is 2. The number of thiophene rings is 1. The number of anilines is 2. The number of hydrogen-bond acceptors (Lipinski definition) is 6. The molecule has 148 valence electrons. The van der Waals surface area contributed by atoms with E-state index in [1.807, 2.05) is 42.6 Å². The molecule has 0 bridgehead atoms. The Morgan fingerprint density at radius 2 is 2.07 bits per heavy atom. The van der Waals surface area contributed by atoms with Crippen LogP contribution in [0, 0.1) is 6.92 Å².